The van der Waals surface area contributed by atoms with Gasteiger partial charge in [0.2, 0.25) is 0 Å². The number of rotatable bonds is 4. The number of piperidine rings is 1. The van der Waals surface area contributed by atoms with Gasteiger partial charge in [0.05, 0.1) is 0 Å². The van der Waals surface area contributed by atoms with Gasteiger partial charge >= 0.3 is 0 Å². The molecule has 0 aromatic heterocycles. The van der Waals surface area contributed by atoms with Crippen LogP contribution in [-0.2, 0) is 0 Å². The van der Waals surface area contributed by atoms with E-state index in [2.05, 4.69) is 31.0 Å². The van der Waals surface area contributed by atoms with E-state index in [-0.39, 0.29) is 0 Å². The highest BCUT2D eigenvalue weighted by molar-refractivity contribution is 4.85. The zero-order valence-corrected chi connectivity index (χ0v) is 11.9. The van der Waals surface area contributed by atoms with Crippen molar-refractivity contribution in [3.63, 3.8) is 0 Å². The molecule has 2 aliphatic rings. The molecule has 0 radical (unpaired) electrons. The van der Waals surface area contributed by atoms with Crippen LogP contribution < -0.4 is 5.32 Å². The van der Waals surface area contributed by atoms with Gasteiger partial charge in [0, 0.05) is 18.6 Å². The number of hydrogen-bond acceptors (Lipinski definition) is 2. The first kappa shape index (κ1) is 13.4. The molecule has 0 amide bonds. The fraction of sp³-hybridized carbons (Fsp3) is 1.00. The van der Waals surface area contributed by atoms with Crippen molar-refractivity contribution >= 4 is 0 Å². The van der Waals surface area contributed by atoms with Crippen LogP contribution >= 0.6 is 0 Å². The quantitative estimate of drug-likeness (QED) is 0.810. The Kier molecular flexibility index (Phi) is 4.87. The molecule has 2 nitrogen and oxygen atoms in total. The maximum absolute atomic E-state index is 3.48. The Morgan fingerprint density at radius 2 is 1.82 bits per heavy atom. The van der Waals surface area contributed by atoms with E-state index in [4.69, 9.17) is 0 Å². The van der Waals surface area contributed by atoms with Crippen LogP contribution in [0, 0.1) is 11.8 Å². The van der Waals surface area contributed by atoms with Crippen LogP contribution in [0.4, 0.5) is 0 Å². The van der Waals surface area contributed by atoms with Crippen molar-refractivity contribution in [3.05, 3.63) is 0 Å². The number of hydrogen-bond donors (Lipinski definition) is 1. The molecule has 0 spiro atoms. The number of nitrogens with zero attached hydrogens (tertiary/aromatic N) is 1. The largest absolute Gasteiger partial charge is 0.317 e. The summed E-state index contributed by atoms with van der Waals surface area (Å²) in [6.07, 6.45) is 7.07. The van der Waals surface area contributed by atoms with Gasteiger partial charge in [-0.1, -0.05) is 6.92 Å². The third-order valence-corrected chi connectivity index (χ3v) is 4.73. The van der Waals surface area contributed by atoms with E-state index in [9.17, 15) is 0 Å². The second-order valence-corrected chi connectivity index (χ2v) is 6.56. The summed E-state index contributed by atoms with van der Waals surface area (Å²) < 4.78 is 0. The lowest BCUT2D eigenvalue weighted by atomic mass is 9.96. The molecule has 1 aliphatic carbocycles. The third-order valence-electron chi connectivity index (χ3n) is 4.73. The first-order chi connectivity index (χ1) is 8.16. The molecule has 1 N–H and O–H groups in total. The van der Waals surface area contributed by atoms with Gasteiger partial charge < -0.3 is 5.32 Å². The average molecular weight is 238 g/mol. The van der Waals surface area contributed by atoms with E-state index in [0.717, 1.165) is 23.9 Å². The van der Waals surface area contributed by atoms with Gasteiger partial charge in [-0.05, 0) is 70.9 Å². The second kappa shape index (κ2) is 6.19. The molecule has 0 aromatic carbocycles. The van der Waals surface area contributed by atoms with Crippen LogP contribution in [-0.4, -0.2) is 36.6 Å². The van der Waals surface area contributed by atoms with Gasteiger partial charge in [-0.15, -0.1) is 0 Å². The molecule has 17 heavy (non-hydrogen) atoms. The molecule has 0 aromatic rings. The Balaban J connectivity index is 1.87. The topological polar surface area (TPSA) is 15.3 Å². The highest BCUT2D eigenvalue weighted by Crippen LogP contribution is 2.31. The third kappa shape index (κ3) is 3.69. The van der Waals surface area contributed by atoms with E-state index in [1.807, 2.05) is 0 Å². The fourth-order valence-corrected chi connectivity index (χ4v) is 3.62. The molecule has 1 saturated carbocycles. The summed E-state index contributed by atoms with van der Waals surface area (Å²) in [7, 11) is 0. The monoisotopic (exact) mass is 238 g/mol. The average Bonchev–Trinajstić information content (AvgIpc) is 2.73. The molecule has 1 saturated heterocycles. The van der Waals surface area contributed by atoms with Crippen LogP contribution in [0.1, 0.15) is 52.9 Å². The Hall–Kier alpha value is -0.0800. The lowest BCUT2D eigenvalue weighted by Gasteiger charge is -2.37. The minimum absolute atomic E-state index is 0.722. The van der Waals surface area contributed by atoms with Crippen LogP contribution in [0.5, 0.6) is 0 Å². The predicted octanol–water partition coefficient (Wildman–Crippen LogP) is 2.89. The molecule has 2 rings (SSSR count). The molecular formula is C15H30N2. The minimum Gasteiger partial charge on any atom is -0.317 e. The summed E-state index contributed by atoms with van der Waals surface area (Å²) in [5.74, 6) is 1.89. The lowest BCUT2D eigenvalue weighted by molar-refractivity contribution is 0.116. The molecule has 2 atom stereocenters. The summed E-state index contributed by atoms with van der Waals surface area (Å²) in [6, 6.07) is 1.60. The van der Waals surface area contributed by atoms with Crippen molar-refractivity contribution in [3.8, 4) is 0 Å². The zero-order chi connectivity index (χ0) is 12.3. The Bertz CT molecular complexity index is 221. The van der Waals surface area contributed by atoms with Gasteiger partial charge in [0.1, 0.15) is 0 Å². The molecular weight excluding hydrogens is 208 g/mol. The highest BCUT2D eigenvalue weighted by Gasteiger charge is 2.30. The van der Waals surface area contributed by atoms with Gasteiger partial charge in [-0.25, -0.2) is 0 Å². The van der Waals surface area contributed by atoms with Gasteiger partial charge in [0.25, 0.3) is 0 Å². The Labute approximate surface area is 107 Å². The van der Waals surface area contributed by atoms with Crippen molar-refractivity contribution in [2.75, 3.05) is 19.6 Å². The summed E-state index contributed by atoms with van der Waals surface area (Å²) >= 11 is 0. The molecule has 2 heteroatoms. The SMILES string of the molecule is CC1CCC(N(CC2CCNCC2)C(C)C)C1. The first-order valence-electron chi connectivity index (χ1n) is 7.63. The van der Waals surface area contributed by atoms with E-state index in [1.165, 1.54) is 51.7 Å². The summed E-state index contributed by atoms with van der Waals surface area (Å²) in [6.45, 7) is 11.0. The maximum atomic E-state index is 3.48. The number of nitrogens with one attached hydrogen (secondary N) is 1. The lowest BCUT2D eigenvalue weighted by Crippen LogP contribution is -2.44. The highest BCUT2D eigenvalue weighted by atomic mass is 15.2. The van der Waals surface area contributed by atoms with Crippen molar-refractivity contribution < 1.29 is 0 Å². The van der Waals surface area contributed by atoms with E-state index in [1.54, 1.807) is 0 Å². The predicted molar refractivity (Wildman–Crippen MR) is 74.2 cm³/mol. The maximum Gasteiger partial charge on any atom is 0.0101 e. The summed E-state index contributed by atoms with van der Waals surface area (Å²) in [5.41, 5.74) is 0. The Morgan fingerprint density at radius 1 is 1.12 bits per heavy atom. The standard InChI is InChI=1S/C15H30N2/c1-12(2)17(15-5-4-13(3)10-15)11-14-6-8-16-9-7-14/h12-16H,4-11H2,1-3H3. The van der Waals surface area contributed by atoms with Gasteiger partial charge in [-0.2, -0.15) is 0 Å². The molecule has 1 heterocycles. The van der Waals surface area contributed by atoms with Crippen LogP contribution in [0.3, 0.4) is 0 Å². The van der Waals surface area contributed by atoms with Crippen molar-refractivity contribution in [1.82, 2.24) is 10.2 Å². The molecule has 0 bridgehead atoms. The molecule has 2 unspecified atom stereocenters. The fourth-order valence-electron chi connectivity index (χ4n) is 3.62. The van der Waals surface area contributed by atoms with Gasteiger partial charge in [-0.3, -0.25) is 4.90 Å². The Morgan fingerprint density at radius 3 is 2.35 bits per heavy atom. The van der Waals surface area contributed by atoms with E-state index in [0.29, 0.717) is 0 Å². The van der Waals surface area contributed by atoms with E-state index < -0.39 is 0 Å². The minimum atomic E-state index is 0.722. The van der Waals surface area contributed by atoms with Gasteiger partial charge in [0.15, 0.2) is 0 Å². The molecule has 2 fully saturated rings. The molecule has 1 aliphatic heterocycles. The zero-order valence-electron chi connectivity index (χ0n) is 11.9. The van der Waals surface area contributed by atoms with Crippen molar-refractivity contribution in [2.24, 2.45) is 11.8 Å². The van der Waals surface area contributed by atoms with Crippen LogP contribution in [0.25, 0.3) is 0 Å². The summed E-state index contributed by atoms with van der Waals surface area (Å²) in [5, 5.41) is 3.48. The first-order valence-corrected chi connectivity index (χ1v) is 7.63. The smallest absolute Gasteiger partial charge is 0.0101 e. The normalized spacial score (nSPS) is 31.6. The van der Waals surface area contributed by atoms with Crippen molar-refractivity contribution in [2.45, 2.75) is 65.0 Å². The second-order valence-electron chi connectivity index (χ2n) is 6.56. The molecule has 100 valence electrons. The van der Waals surface area contributed by atoms with Crippen LogP contribution in [0.2, 0.25) is 0 Å². The van der Waals surface area contributed by atoms with Crippen LogP contribution in [0.15, 0.2) is 0 Å². The van der Waals surface area contributed by atoms with Crippen molar-refractivity contribution in [1.29, 1.82) is 0 Å². The summed E-state index contributed by atoms with van der Waals surface area (Å²) in [4.78, 5) is 2.81. The van der Waals surface area contributed by atoms with E-state index >= 15 is 0 Å².